The van der Waals surface area contributed by atoms with Crippen molar-refractivity contribution < 1.29 is 9.53 Å². The maximum atomic E-state index is 12.0. The molecule has 154 valence electrons. The number of carbonyl (C=O) groups is 1. The quantitative estimate of drug-likeness (QED) is 0.521. The number of amides is 1. The van der Waals surface area contributed by atoms with Crippen molar-refractivity contribution in [1.82, 2.24) is 25.7 Å². The van der Waals surface area contributed by atoms with Gasteiger partial charge in [-0.25, -0.2) is 9.79 Å². The summed E-state index contributed by atoms with van der Waals surface area (Å²) in [6.45, 7) is 17.2. The van der Waals surface area contributed by atoms with Gasteiger partial charge in [-0.3, -0.25) is 4.68 Å². The second kappa shape index (κ2) is 9.10. The molecule has 27 heavy (non-hydrogen) atoms. The number of guanidine groups is 1. The molecule has 8 heteroatoms. The highest BCUT2D eigenvalue weighted by Crippen LogP contribution is 2.13. The number of nitrogens with zero attached hydrogens (tertiary/aromatic N) is 3. The van der Waals surface area contributed by atoms with Crippen molar-refractivity contribution in [2.45, 2.75) is 73.1 Å². The van der Waals surface area contributed by atoms with Gasteiger partial charge in [0.05, 0.1) is 17.8 Å². The average molecular weight is 381 g/mol. The van der Waals surface area contributed by atoms with Gasteiger partial charge in [-0.1, -0.05) is 0 Å². The van der Waals surface area contributed by atoms with Gasteiger partial charge in [0, 0.05) is 31.4 Å². The Bertz CT molecular complexity index is 670. The second-order valence-electron chi connectivity index (χ2n) is 8.33. The molecule has 0 aliphatic carbocycles. The van der Waals surface area contributed by atoms with Crippen LogP contribution in [0.25, 0.3) is 0 Å². The van der Waals surface area contributed by atoms with Crippen molar-refractivity contribution >= 4 is 12.1 Å². The summed E-state index contributed by atoms with van der Waals surface area (Å²) in [7, 11) is 1.93. The molecule has 1 aromatic rings. The van der Waals surface area contributed by atoms with Crippen molar-refractivity contribution in [3.05, 3.63) is 17.0 Å². The van der Waals surface area contributed by atoms with Crippen LogP contribution in [0.1, 0.15) is 58.5 Å². The fourth-order valence-electron chi connectivity index (χ4n) is 2.47. The molecule has 0 atom stereocenters. The van der Waals surface area contributed by atoms with E-state index < -0.39 is 17.2 Å². The fourth-order valence-corrected chi connectivity index (χ4v) is 2.47. The fraction of sp³-hybridized carbons (Fsp3) is 0.737. The topological polar surface area (TPSA) is 92.6 Å². The van der Waals surface area contributed by atoms with Crippen LogP contribution in [0.4, 0.5) is 4.79 Å². The number of aliphatic imine (C=N–C) groups is 1. The first-order chi connectivity index (χ1) is 12.3. The van der Waals surface area contributed by atoms with Crippen molar-refractivity contribution in [2.24, 2.45) is 12.0 Å². The molecule has 3 N–H and O–H groups in total. The van der Waals surface area contributed by atoms with Crippen LogP contribution >= 0.6 is 0 Å². The molecule has 0 fully saturated rings. The number of hydrogen-bond acceptors (Lipinski definition) is 4. The molecule has 0 aromatic carbocycles. The molecule has 0 bridgehead atoms. The Morgan fingerprint density at radius 2 is 1.81 bits per heavy atom. The Balaban J connectivity index is 2.71. The highest BCUT2D eigenvalue weighted by Gasteiger charge is 2.24. The highest BCUT2D eigenvalue weighted by molar-refractivity contribution is 5.80. The largest absolute Gasteiger partial charge is 0.444 e. The first-order valence-electron chi connectivity index (χ1n) is 9.37. The number of ether oxygens (including phenoxy) is 1. The number of carbonyl (C=O) groups excluding carboxylic acids is 1. The Labute approximate surface area is 163 Å². The first kappa shape index (κ1) is 22.8. The van der Waals surface area contributed by atoms with E-state index in [0.29, 0.717) is 19.0 Å². The van der Waals surface area contributed by atoms with Crippen LogP contribution in [-0.4, -0.2) is 46.1 Å². The summed E-state index contributed by atoms with van der Waals surface area (Å²) < 4.78 is 7.20. The molecule has 0 unspecified atom stereocenters. The molecule has 0 saturated heterocycles. The molecule has 8 nitrogen and oxygen atoms in total. The lowest BCUT2D eigenvalue weighted by Gasteiger charge is -2.29. The van der Waals surface area contributed by atoms with Gasteiger partial charge in [-0.15, -0.1) is 0 Å². The minimum absolute atomic E-state index is 0.433. The zero-order valence-corrected chi connectivity index (χ0v) is 18.3. The Kier molecular flexibility index (Phi) is 7.68. The van der Waals surface area contributed by atoms with Crippen LogP contribution in [-0.2, 0) is 18.3 Å². The maximum Gasteiger partial charge on any atom is 0.408 e. The van der Waals surface area contributed by atoms with E-state index in [9.17, 15) is 4.79 Å². The van der Waals surface area contributed by atoms with Crippen LogP contribution in [0.2, 0.25) is 0 Å². The number of alkyl carbamates (subject to hydrolysis) is 1. The molecule has 1 heterocycles. The zero-order valence-electron chi connectivity index (χ0n) is 18.3. The zero-order chi connectivity index (χ0) is 20.8. The summed E-state index contributed by atoms with van der Waals surface area (Å²) in [5.41, 5.74) is 2.20. The summed E-state index contributed by atoms with van der Waals surface area (Å²) >= 11 is 0. The Morgan fingerprint density at radius 1 is 1.19 bits per heavy atom. The third-order valence-corrected chi connectivity index (χ3v) is 3.94. The number of hydrogen-bond donors (Lipinski definition) is 3. The monoisotopic (exact) mass is 380 g/mol. The number of aromatic nitrogens is 2. The van der Waals surface area contributed by atoms with Gasteiger partial charge < -0.3 is 20.7 Å². The van der Waals surface area contributed by atoms with Gasteiger partial charge in [0.1, 0.15) is 5.60 Å². The van der Waals surface area contributed by atoms with Gasteiger partial charge in [-0.05, 0) is 55.4 Å². The summed E-state index contributed by atoms with van der Waals surface area (Å²) in [6, 6.07) is 0. The average Bonchev–Trinajstić information content (AvgIpc) is 2.73. The molecule has 0 saturated carbocycles. The second-order valence-corrected chi connectivity index (χ2v) is 8.33. The lowest BCUT2D eigenvalue weighted by Crippen LogP contribution is -2.54. The lowest BCUT2D eigenvalue weighted by atomic mass is 10.1. The lowest BCUT2D eigenvalue weighted by molar-refractivity contribution is 0.0474. The van der Waals surface area contributed by atoms with Crippen molar-refractivity contribution in [2.75, 3.05) is 13.1 Å². The van der Waals surface area contributed by atoms with E-state index in [2.05, 4.69) is 26.0 Å². The third-order valence-electron chi connectivity index (χ3n) is 3.94. The summed E-state index contributed by atoms with van der Waals surface area (Å²) in [6.07, 6.45) is -0.433. The normalized spacial score (nSPS) is 12.7. The molecule has 1 rings (SSSR count). The Morgan fingerprint density at radius 3 is 2.30 bits per heavy atom. The molecule has 1 amide bonds. The van der Waals surface area contributed by atoms with E-state index in [1.165, 1.54) is 0 Å². The van der Waals surface area contributed by atoms with Crippen molar-refractivity contribution in [3.8, 4) is 0 Å². The molecule has 0 spiro atoms. The van der Waals surface area contributed by atoms with Crippen LogP contribution in [0.5, 0.6) is 0 Å². The molecule has 1 aromatic heterocycles. The van der Waals surface area contributed by atoms with E-state index in [1.54, 1.807) is 0 Å². The van der Waals surface area contributed by atoms with Gasteiger partial charge in [0.2, 0.25) is 0 Å². The highest BCUT2D eigenvalue weighted by atomic mass is 16.6. The summed E-state index contributed by atoms with van der Waals surface area (Å²) in [4.78, 5) is 16.7. The Hall–Kier alpha value is -2.25. The smallest absolute Gasteiger partial charge is 0.408 e. The van der Waals surface area contributed by atoms with Crippen molar-refractivity contribution in [1.29, 1.82) is 0 Å². The van der Waals surface area contributed by atoms with Crippen LogP contribution in [0, 0.1) is 13.8 Å². The van der Waals surface area contributed by atoms with E-state index >= 15 is 0 Å². The van der Waals surface area contributed by atoms with Gasteiger partial charge in [0.15, 0.2) is 5.96 Å². The summed E-state index contributed by atoms with van der Waals surface area (Å²) in [5.74, 6) is 0.694. The molecular formula is C19H36N6O2. The van der Waals surface area contributed by atoms with Gasteiger partial charge in [0.25, 0.3) is 0 Å². The van der Waals surface area contributed by atoms with Crippen LogP contribution < -0.4 is 16.0 Å². The van der Waals surface area contributed by atoms with Crippen LogP contribution in [0.3, 0.4) is 0 Å². The minimum Gasteiger partial charge on any atom is -0.444 e. The van der Waals surface area contributed by atoms with Crippen molar-refractivity contribution in [3.63, 3.8) is 0 Å². The first-order valence-corrected chi connectivity index (χ1v) is 9.37. The molecule has 0 aliphatic heterocycles. The summed E-state index contributed by atoms with van der Waals surface area (Å²) in [5, 5.41) is 13.8. The minimum atomic E-state index is -0.524. The molecule has 0 radical (unpaired) electrons. The van der Waals surface area contributed by atoms with E-state index in [1.807, 2.05) is 67.1 Å². The number of aryl methyl sites for hydroxylation is 2. The van der Waals surface area contributed by atoms with E-state index in [-0.39, 0.29) is 0 Å². The van der Waals surface area contributed by atoms with Gasteiger partial charge >= 0.3 is 6.09 Å². The van der Waals surface area contributed by atoms with E-state index in [4.69, 9.17) is 4.74 Å². The standard InChI is InChI=1S/C19H36N6O2/c1-10-20-16(21-11-15-13(2)24-25(9)14(15)3)22-12-19(7,8)23-17(26)27-18(4,5)6/h10-12H2,1-9H3,(H,23,26)(H2,20,21,22). The molecule has 0 aliphatic rings. The predicted molar refractivity (Wildman–Crippen MR) is 109 cm³/mol. The predicted octanol–water partition coefficient (Wildman–Crippen LogP) is 2.40. The SMILES string of the molecule is CCNC(=NCc1c(C)nn(C)c1C)NCC(C)(C)NC(=O)OC(C)(C)C. The third kappa shape index (κ3) is 7.88. The van der Waals surface area contributed by atoms with Crippen LogP contribution in [0.15, 0.2) is 4.99 Å². The van der Waals surface area contributed by atoms with E-state index in [0.717, 1.165) is 23.5 Å². The number of nitrogens with one attached hydrogen (secondary N) is 3. The number of rotatable bonds is 6. The maximum absolute atomic E-state index is 12.0. The van der Waals surface area contributed by atoms with Gasteiger partial charge in [-0.2, -0.15) is 5.10 Å². The molecular weight excluding hydrogens is 344 g/mol.